The highest BCUT2D eigenvalue weighted by Gasteiger charge is 2.51. The topological polar surface area (TPSA) is 89.8 Å². The van der Waals surface area contributed by atoms with Gasteiger partial charge in [0.15, 0.2) is 0 Å². The van der Waals surface area contributed by atoms with E-state index in [-0.39, 0.29) is 34.9 Å². The number of amides is 2. The van der Waals surface area contributed by atoms with Gasteiger partial charge in [0.2, 0.25) is 5.91 Å². The zero-order chi connectivity index (χ0) is 34.3. The number of hydrogen-bond acceptors (Lipinski definition) is 6. The maximum absolute atomic E-state index is 14.6. The number of fused-ring (bicyclic) bond motifs is 3. The van der Waals surface area contributed by atoms with Gasteiger partial charge in [0.25, 0.3) is 0 Å². The summed E-state index contributed by atoms with van der Waals surface area (Å²) in [5, 5.41) is 0. The summed E-state index contributed by atoms with van der Waals surface area (Å²) in [6, 6.07) is 10.8. The molecule has 0 N–H and O–H groups in total. The fourth-order valence-corrected chi connectivity index (χ4v) is 8.96. The molecule has 0 unspecified atom stereocenters. The minimum atomic E-state index is -0.204. The van der Waals surface area contributed by atoms with E-state index in [1.54, 1.807) is 12.0 Å². The number of methoxy groups -OCH3 is 1. The molecule has 262 valence electrons. The molecule has 4 saturated carbocycles. The minimum Gasteiger partial charge on any atom is -0.496 e. The molecule has 1 aliphatic heterocycles. The Labute approximate surface area is 291 Å². The molecule has 9 heteroatoms. The second-order valence-electron chi connectivity index (χ2n) is 16.0. The lowest BCUT2D eigenvalue weighted by molar-refractivity contribution is -0.124. The van der Waals surface area contributed by atoms with Crippen molar-refractivity contribution in [2.45, 2.75) is 109 Å². The number of aryl methyl sites for hydroxylation is 1. The van der Waals surface area contributed by atoms with Crippen molar-refractivity contribution in [3.05, 3.63) is 65.9 Å². The molecular formula is C40H53N5O4. The Bertz CT molecular complexity index is 1640. The van der Waals surface area contributed by atoms with Crippen molar-refractivity contribution >= 4 is 17.8 Å². The van der Waals surface area contributed by atoms with Crippen LogP contribution in [0.4, 0.5) is 10.6 Å². The van der Waals surface area contributed by atoms with Gasteiger partial charge in [-0.2, -0.15) is 0 Å². The zero-order valence-corrected chi connectivity index (χ0v) is 30.0. The monoisotopic (exact) mass is 667 g/mol. The first-order valence-corrected chi connectivity index (χ1v) is 18.5. The highest BCUT2D eigenvalue weighted by molar-refractivity contribution is 5.94. The van der Waals surface area contributed by atoms with Crippen LogP contribution in [-0.2, 0) is 14.9 Å². The fraction of sp³-hybridized carbons (Fsp3) is 0.600. The van der Waals surface area contributed by atoms with E-state index in [1.807, 2.05) is 28.1 Å². The number of carbonyl (C=O) groups excluding carboxylic acids is 2. The SMILES string of the molecule is COc1ccc(C23CCC(CN(C(=O)C4CCC(OC(=O)N5CC(C)C5)CC4)c4cc(-n5cnc(C(C)C)c5)ccn4)(CC2)CC3)cc1C. The molecular weight excluding hydrogens is 614 g/mol. The van der Waals surface area contributed by atoms with Gasteiger partial charge < -0.3 is 18.9 Å². The molecule has 3 aromatic rings. The number of nitrogens with zero attached hydrogens (tertiary/aromatic N) is 5. The van der Waals surface area contributed by atoms with Crippen LogP contribution >= 0.6 is 0 Å². The summed E-state index contributed by atoms with van der Waals surface area (Å²) in [4.78, 5) is 40.5. The second-order valence-corrected chi connectivity index (χ2v) is 16.0. The molecule has 0 radical (unpaired) electrons. The van der Waals surface area contributed by atoms with Crippen LogP contribution in [0.1, 0.15) is 108 Å². The first-order valence-electron chi connectivity index (χ1n) is 18.5. The maximum Gasteiger partial charge on any atom is 0.410 e. The van der Waals surface area contributed by atoms with Crippen LogP contribution < -0.4 is 9.64 Å². The number of ether oxygens (including phenoxy) is 2. The lowest BCUT2D eigenvalue weighted by Gasteiger charge is -2.55. The zero-order valence-electron chi connectivity index (χ0n) is 30.0. The van der Waals surface area contributed by atoms with Gasteiger partial charge in [-0.05, 0) is 117 Å². The Kier molecular flexibility index (Phi) is 9.22. The van der Waals surface area contributed by atoms with Gasteiger partial charge in [0.1, 0.15) is 17.7 Å². The molecule has 49 heavy (non-hydrogen) atoms. The number of hydrogen-bond donors (Lipinski definition) is 0. The Morgan fingerprint density at radius 3 is 2.31 bits per heavy atom. The van der Waals surface area contributed by atoms with E-state index in [0.29, 0.717) is 24.2 Å². The van der Waals surface area contributed by atoms with Crippen LogP contribution in [0.5, 0.6) is 5.75 Å². The predicted octanol–water partition coefficient (Wildman–Crippen LogP) is 7.98. The van der Waals surface area contributed by atoms with Crippen molar-refractivity contribution in [3.8, 4) is 11.4 Å². The van der Waals surface area contributed by atoms with Crippen molar-refractivity contribution in [2.24, 2.45) is 17.3 Å². The number of aromatic nitrogens is 3. The quantitative estimate of drug-likeness (QED) is 0.230. The number of imidazole rings is 1. The van der Waals surface area contributed by atoms with Gasteiger partial charge in [0, 0.05) is 44.0 Å². The van der Waals surface area contributed by atoms with E-state index in [1.165, 1.54) is 11.1 Å². The van der Waals surface area contributed by atoms with E-state index in [2.05, 4.69) is 63.1 Å². The number of carbonyl (C=O) groups is 2. The van der Waals surface area contributed by atoms with Gasteiger partial charge in [0.05, 0.1) is 24.8 Å². The van der Waals surface area contributed by atoms with Gasteiger partial charge in [-0.15, -0.1) is 0 Å². The van der Waals surface area contributed by atoms with Crippen molar-refractivity contribution < 1.29 is 19.1 Å². The Hall–Kier alpha value is -3.88. The average Bonchev–Trinajstić information content (AvgIpc) is 3.61. The molecule has 5 aliphatic rings. The largest absolute Gasteiger partial charge is 0.496 e. The van der Waals surface area contributed by atoms with E-state index in [4.69, 9.17) is 14.5 Å². The number of anilines is 1. The van der Waals surface area contributed by atoms with Crippen LogP contribution in [0, 0.1) is 24.2 Å². The summed E-state index contributed by atoms with van der Waals surface area (Å²) < 4.78 is 13.5. The smallest absolute Gasteiger partial charge is 0.410 e. The Morgan fingerprint density at radius 1 is 0.980 bits per heavy atom. The molecule has 5 fully saturated rings. The minimum absolute atomic E-state index is 0.0670. The van der Waals surface area contributed by atoms with Gasteiger partial charge in [-0.3, -0.25) is 9.69 Å². The van der Waals surface area contributed by atoms with Crippen molar-refractivity contribution in [2.75, 3.05) is 31.6 Å². The third-order valence-corrected chi connectivity index (χ3v) is 12.3. The van der Waals surface area contributed by atoms with Crippen LogP contribution in [-0.4, -0.2) is 64.3 Å². The summed E-state index contributed by atoms with van der Waals surface area (Å²) in [5.74, 6) is 2.57. The summed E-state index contributed by atoms with van der Waals surface area (Å²) >= 11 is 0. The van der Waals surface area contributed by atoms with Gasteiger partial charge >= 0.3 is 6.09 Å². The van der Waals surface area contributed by atoms with Crippen molar-refractivity contribution in [3.63, 3.8) is 0 Å². The summed E-state index contributed by atoms with van der Waals surface area (Å²) in [6.45, 7) is 10.8. The normalized spacial score (nSPS) is 26.8. The lowest BCUT2D eigenvalue weighted by Crippen LogP contribution is -2.52. The van der Waals surface area contributed by atoms with Crippen LogP contribution in [0.15, 0.2) is 49.1 Å². The van der Waals surface area contributed by atoms with E-state index in [0.717, 1.165) is 94.4 Å². The second kappa shape index (κ2) is 13.4. The first kappa shape index (κ1) is 33.6. The molecule has 0 spiro atoms. The number of rotatable bonds is 9. The van der Waals surface area contributed by atoms with Crippen LogP contribution in [0.25, 0.3) is 5.69 Å². The van der Waals surface area contributed by atoms with Gasteiger partial charge in [-0.1, -0.05) is 32.9 Å². The Balaban J connectivity index is 1.10. The standard InChI is InChI=1S/C40H53N5O4/c1-27(2)34-24-44(26-42-34)32-12-19-41-36(21-32)45(37(46)30-6-9-33(10-7-30)49-38(47)43-22-28(3)23-43)25-39-13-16-40(17-14-39,18-15-39)31-8-11-35(48-5)29(4)20-31/h8,11-12,19-21,24,26-28,30,33H,6-7,9-10,13-18,22-23,25H2,1-5H3. The molecule has 2 amide bonds. The molecule has 1 saturated heterocycles. The number of pyridine rings is 1. The maximum atomic E-state index is 14.6. The molecule has 8 rings (SSSR count). The Morgan fingerprint density at radius 2 is 1.69 bits per heavy atom. The molecule has 4 aliphatic carbocycles. The third kappa shape index (κ3) is 6.70. The van der Waals surface area contributed by atoms with Crippen molar-refractivity contribution in [1.29, 1.82) is 0 Å². The van der Waals surface area contributed by atoms with Crippen molar-refractivity contribution in [1.82, 2.24) is 19.4 Å². The lowest BCUT2D eigenvalue weighted by atomic mass is 9.51. The highest BCUT2D eigenvalue weighted by Crippen LogP contribution is 2.58. The summed E-state index contributed by atoms with van der Waals surface area (Å²) in [6.07, 6.45) is 15.0. The van der Waals surface area contributed by atoms with Crippen LogP contribution in [0.2, 0.25) is 0 Å². The molecule has 0 atom stereocenters. The average molecular weight is 668 g/mol. The first-order chi connectivity index (χ1) is 23.6. The molecule has 2 bridgehead atoms. The number of likely N-dealkylation sites (tertiary alicyclic amines) is 1. The molecule has 1 aromatic carbocycles. The molecule has 2 aromatic heterocycles. The molecule has 9 nitrogen and oxygen atoms in total. The third-order valence-electron chi connectivity index (χ3n) is 12.3. The number of benzene rings is 1. The van der Waals surface area contributed by atoms with E-state index in [9.17, 15) is 9.59 Å². The van der Waals surface area contributed by atoms with E-state index < -0.39 is 0 Å². The predicted molar refractivity (Wildman–Crippen MR) is 190 cm³/mol. The summed E-state index contributed by atoms with van der Waals surface area (Å²) in [5.41, 5.74) is 4.88. The summed E-state index contributed by atoms with van der Waals surface area (Å²) in [7, 11) is 1.74. The van der Waals surface area contributed by atoms with Gasteiger partial charge in [-0.25, -0.2) is 14.8 Å². The fourth-order valence-electron chi connectivity index (χ4n) is 8.96. The molecule has 3 heterocycles. The van der Waals surface area contributed by atoms with Crippen LogP contribution in [0.3, 0.4) is 0 Å². The van der Waals surface area contributed by atoms with E-state index >= 15 is 0 Å². The highest BCUT2D eigenvalue weighted by atomic mass is 16.6.